The van der Waals surface area contributed by atoms with Crippen LogP contribution >= 0.6 is 0 Å². The van der Waals surface area contributed by atoms with Crippen LogP contribution in [0.15, 0.2) is 48.5 Å². The van der Waals surface area contributed by atoms with E-state index in [4.69, 9.17) is 0 Å². The Balaban J connectivity index is 1.52. The first-order valence-electron chi connectivity index (χ1n) is 10.4. The maximum Gasteiger partial charge on any atom is 0.253 e. The van der Waals surface area contributed by atoms with Gasteiger partial charge in [-0.05, 0) is 55.4 Å². The molecular formula is C24H31N3O2. The van der Waals surface area contributed by atoms with E-state index in [1.54, 1.807) is 18.2 Å². The van der Waals surface area contributed by atoms with Crippen molar-refractivity contribution >= 4 is 17.5 Å². The number of hydrogen-bond acceptors (Lipinski definition) is 3. The lowest BCUT2D eigenvalue weighted by Gasteiger charge is -2.16. The van der Waals surface area contributed by atoms with Crippen molar-refractivity contribution in [2.45, 2.75) is 52.1 Å². The maximum absolute atomic E-state index is 12.4. The molecule has 0 heterocycles. The first kappa shape index (κ1) is 21.1. The Morgan fingerprint density at radius 2 is 1.69 bits per heavy atom. The van der Waals surface area contributed by atoms with Crippen LogP contribution in [0.4, 0.5) is 5.69 Å². The number of benzene rings is 2. The van der Waals surface area contributed by atoms with E-state index in [9.17, 15) is 9.59 Å². The molecule has 1 aliphatic rings. The molecule has 2 aromatic carbocycles. The lowest BCUT2D eigenvalue weighted by molar-refractivity contribution is -0.115. The van der Waals surface area contributed by atoms with Crippen molar-refractivity contribution in [3.63, 3.8) is 0 Å². The molecule has 1 saturated carbocycles. The smallest absolute Gasteiger partial charge is 0.253 e. The largest absolute Gasteiger partial charge is 0.349 e. The fourth-order valence-corrected chi connectivity index (χ4v) is 3.25. The summed E-state index contributed by atoms with van der Waals surface area (Å²) >= 11 is 0. The van der Waals surface area contributed by atoms with Gasteiger partial charge in [-0.3, -0.25) is 9.59 Å². The molecule has 2 aromatic rings. The second-order valence-corrected chi connectivity index (χ2v) is 8.28. The summed E-state index contributed by atoms with van der Waals surface area (Å²) in [6.45, 7) is 6.64. The maximum atomic E-state index is 12.4. The van der Waals surface area contributed by atoms with E-state index in [0.29, 0.717) is 17.2 Å². The van der Waals surface area contributed by atoms with Gasteiger partial charge in [-0.15, -0.1) is 0 Å². The van der Waals surface area contributed by atoms with Gasteiger partial charge in [-0.2, -0.15) is 0 Å². The summed E-state index contributed by atoms with van der Waals surface area (Å²) in [7, 11) is 0. The van der Waals surface area contributed by atoms with Gasteiger partial charge in [0, 0.05) is 12.1 Å². The minimum absolute atomic E-state index is 0.0576. The zero-order chi connectivity index (χ0) is 20.8. The average molecular weight is 394 g/mol. The van der Waals surface area contributed by atoms with Crippen LogP contribution in [0.3, 0.4) is 0 Å². The average Bonchev–Trinajstić information content (AvgIpc) is 3.50. The van der Waals surface area contributed by atoms with Gasteiger partial charge in [-0.1, -0.05) is 50.2 Å². The van der Waals surface area contributed by atoms with Gasteiger partial charge in [0.1, 0.15) is 0 Å². The van der Waals surface area contributed by atoms with Crippen LogP contribution in [0.25, 0.3) is 0 Å². The summed E-state index contributed by atoms with van der Waals surface area (Å²) in [5, 5.41) is 9.08. The van der Waals surface area contributed by atoms with Crippen LogP contribution in [0.5, 0.6) is 0 Å². The van der Waals surface area contributed by atoms with Crippen LogP contribution < -0.4 is 16.0 Å². The van der Waals surface area contributed by atoms with Crippen LogP contribution in [-0.4, -0.2) is 24.4 Å². The molecule has 1 atom stereocenters. The molecule has 0 saturated heterocycles. The van der Waals surface area contributed by atoms with E-state index < -0.39 is 0 Å². The zero-order valence-electron chi connectivity index (χ0n) is 17.5. The van der Waals surface area contributed by atoms with Crippen molar-refractivity contribution in [2.24, 2.45) is 5.92 Å². The van der Waals surface area contributed by atoms with Crippen LogP contribution in [0, 0.1) is 5.92 Å². The van der Waals surface area contributed by atoms with Crippen LogP contribution in [0.1, 0.15) is 61.1 Å². The van der Waals surface area contributed by atoms with E-state index >= 15 is 0 Å². The number of rotatable bonds is 9. The Kier molecular flexibility index (Phi) is 7.04. The zero-order valence-corrected chi connectivity index (χ0v) is 17.5. The number of para-hydroxylation sites is 1. The summed E-state index contributed by atoms with van der Waals surface area (Å²) in [6.07, 6.45) is 3.12. The van der Waals surface area contributed by atoms with Crippen molar-refractivity contribution in [1.29, 1.82) is 0 Å². The number of nitrogens with one attached hydrogen (secondary N) is 3. The Bertz CT molecular complexity index is 841. The third-order valence-corrected chi connectivity index (χ3v) is 5.05. The number of hydrogen-bond donors (Lipinski definition) is 3. The highest BCUT2D eigenvalue weighted by molar-refractivity contribution is 6.04. The quantitative estimate of drug-likeness (QED) is 0.601. The lowest BCUT2D eigenvalue weighted by atomic mass is 10.00. The van der Waals surface area contributed by atoms with E-state index in [2.05, 4.69) is 54.1 Å². The lowest BCUT2D eigenvalue weighted by Crippen LogP contribution is -2.31. The fraction of sp³-hybridized carbons (Fsp3) is 0.417. The molecule has 1 aliphatic carbocycles. The van der Waals surface area contributed by atoms with Crippen molar-refractivity contribution in [2.75, 3.05) is 11.9 Å². The molecule has 154 valence electrons. The van der Waals surface area contributed by atoms with Crippen molar-refractivity contribution in [3.8, 4) is 0 Å². The van der Waals surface area contributed by atoms with Crippen molar-refractivity contribution in [3.05, 3.63) is 65.2 Å². The molecule has 0 spiro atoms. The summed E-state index contributed by atoms with van der Waals surface area (Å²) < 4.78 is 0. The van der Waals surface area contributed by atoms with Crippen LogP contribution in [0.2, 0.25) is 0 Å². The number of amides is 2. The Labute approximate surface area is 173 Å². The third-order valence-electron chi connectivity index (χ3n) is 5.05. The first-order valence-corrected chi connectivity index (χ1v) is 10.4. The van der Waals surface area contributed by atoms with Gasteiger partial charge in [0.2, 0.25) is 5.91 Å². The van der Waals surface area contributed by atoms with Gasteiger partial charge >= 0.3 is 0 Å². The molecule has 0 unspecified atom stereocenters. The number of anilines is 1. The number of carbonyl (C=O) groups excluding carboxylic acids is 2. The van der Waals surface area contributed by atoms with Gasteiger partial charge in [0.25, 0.3) is 5.91 Å². The van der Waals surface area contributed by atoms with E-state index in [1.165, 1.54) is 5.56 Å². The minimum Gasteiger partial charge on any atom is -0.349 e. The SMILES string of the molecule is CC(C)Cc1ccc([C@@H](C)NCC(=O)Nc2ccccc2C(=O)NC2CC2)cc1. The molecule has 1 fully saturated rings. The summed E-state index contributed by atoms with van der Waals surface area (Å²) in [5.74, 6) is 0.334. The van der Waals surface area contributed by atoms with Crippen molar-refractivity contribution < 1.29 is 9.59 Å². The van der Waals surface area contributed by atoms with Gasteiger partial charge in [0.05, 0.1) is 17.8 Å². The number of carbonyl (C=O) groups is 2. The topological polar surface area (TPSA) is 70.2 Å². The van der Waals surface area contributed by atoms with E-state index in [-0.39, 0.29) is 30.4 Å². The predicted molar refractivity (Wildman–Crippen MR) is 117 cm³/mol. The normalized spacial score (nSPS) is 14.5. The Morgan fingerprint density at radius 3 is 2.34 bits per heavy atom. The third kappa shape index (κ3) is 6.43. The summed E-state index contributed by atoms with van der Waals surface area (Å²) in [5.41, 5.74) is 3.52. The fourth-order valence-electron chi connectivity index (χ4n) is 3.25. The monoisotopic (exact) mass is 393 g/mol. The molecule has 5 heteroatoms. The van der Waals surface area contributed by atoms with Gasteiger partial charge in [0.15, 0.2) is 0 Å². The molecule has 0 bridgehead atoms. The second kappa shape index (κ2) is 9.70. The van der Waals surface area contributed by atoms with E-state index in [1.807, 2.05) is 13.0 Å². The molecule has 0 radical (unpaired) electrons. The standard InChI is InChI=1S/C24H31N3O2/c1-16(2)14-18-8-10-19(11-9-18)17(3)25-15-23(28)27-22-7-5-4-6-21(22)24(29)26-20-12-13-20/h4-11,16-17,20,25H,12-15H2,1-3H3,(H,26,29)(H,27,28)/t17-/m1/s1. The highest BCUT2D eigenvalue weighted by Crippen LogP contribution is 2.21. The Morgan fingerprint density at radius 1 is 1.00 bits per heavy atom. The second-order valence-electron chi connectivity index (χ2n) is 8.28. The molecule has 29 heavy (non-hydrogen) atoms. The molecule has 3 rings (SSSR count). The molecule has 0 aromatic heterocycles. The first-order chi connectivity index (χ1) is 13.9. The highest BCUT2D eigenvalue weighted by atomic mass is 16.2. The molecular weight excluding hydrogens is 362 g/mol. The molecule has 0 aliphatic heterocycles. The predicted octanol–water partition coefficient (Wildman–Crippen LogP) is 4.07. The molecule has 2 amide bonds. The van der Waals surface area contributed by atoms with Crippen LogP contribution in [-0.2, 0) is 11.2 Å². The molecule has 5 nitrogen and oxygen atoms in total. The van der Waals surface area contributed by atoms with Gasteiger partial charge in [-0.25, -0.2) is 0 Å². The minimum atomic E-state index is -0.167. The van der Waals surface area contributed by atoms with Crippen molar-refractivity contribution in [1.82, 2.24) is 10.6 Å². The summed E-state index contributed by atoms with van der Waals surface area (Å²) in [6, 6.07) is 16.0. The van der Waals surface area contributed by atoms with Gasteiger partial charge < -0.3 is 16.0 Å². The summed E-state index contributed by atoms with van der Waals surface area (Å²) in [4.78, 5) is 24.8. The van der Waals surface area contributed by atoms with E-state index in [0.717, 1.165) is 24.8 Å². The molecule has 3 N–H and O–H groups in total. The highest BCUT2D eigenvalue weighted by Gasteiger charge is 2.25. The Hall–Kier alpha value is -2.66.